The molecule has 24 heavy (non-hydrogen) atoms. The van der Waals surface area contributed by atoms with Gasteiger partial charge in [-0.25, -0.2) is 13.2 Å². The zero-order chi connectivity index (χ0) is 16.9. The van der Waals surface area contributed by atoms with Crippen LogP contribution in [0.15, 0.2) is 12.1 Å². The van der Waals surface area contributed by atoms with Crippen LogP contribution in [0.1, 0.15) is 56.4 Å². The summed E-state index contributed by atoms with van der Waals surface area (Å²) >= 11 is 0. The van der Waals surface area contributed by atoms with Crippen molar-refractivity contribution in [3.8, 4) is 0 Å². The molecule has 1 heterocycles. The van der Waals surface area contributed by atoms with Gasteiger partial charge in [-0.15, -0.1) is 0 Å². The second kappa shape index (κ2) is 8.34. The number of hydrogen-bond acceptors (Lipinski definition) is 2. The maximum Gasteiger partial charge on any atom is 0.132 e. The van der Waals surface area contributed by atoms with Gasteiger partial charge in [0.2, 0.25) is 0 Å². The molecule has 0 amide bonds. The minimum Gasteiger partial charge on any atom is -0.381 e. The van der Waals surface area contributed by atoms with Gasteiger partial charge in [0.1, 0.15) is 17.5 Å². The lowest BCUT2D eigenvalue weighted by Gasteiger charge is -2.30. The molecular weight excluding hydrogens is 315 g/mol. The predicted octanol–water partition coefficient (Wildman–Crippen LogP) is 4.54. The lowest BCUT2D eigenvalue weighted by Crippen LogP contribution is -2.36. The van der Waals surface area contributed by atoms with Gasteiger partial charge >= 0.3 is 0 Å². The van der Waals surface area contributed by atoms with E-state index in [0.717, 1.165) is 76.8 Å². The molecule has 2 fully saturated rings. The molecule has 5 heteroatoms. The summed E-state index contributed by atoms with van der Waals surface area (Å²) in [5, 5.41) is 3.59. The summed E-state index contributed by atoms with van der Waals surface area (Å²) in [4.78, 5) is 0. The lowest BCUT2D eigenvalue weighted by molar-refractivity contribution is 0.0775. The van der Waals surface area contributed by atoms with Crippen LogP contribution in [0, 0.1) is 23.4 Å². The van der Waals surface area contributed by atoms with Crippen LogP contribution in [0.2, 0.25) is 0 Å². The van der Waals surface area contributed by atoms with E-state index in [0.29, 0.717) is 12.0 Å². The maximum atomic E-state index is 13.9. The summed E-state index contributed by atoms with van der Waals surface area (Å²) in [5.74, 6) is -1.83. The molecule has 1 aromatic rings. The first-order valence-electron chi connectivity index (χ1n) is 9.09. The van der Waals surface area contributed by atoms with Crippen LogP contribution in [0.4, 0.5) is 13.2 Å². The molecule has 1 aromatic carbocycles. The molecule has 0 unspecified atom stereocenters. The van der Waals surface area contributed by atoms with Crippen molar-refractivity contribution >= 4 is 0 Å². The Bertz CT molecular complexity index is 514. The smallest absolute Gasteiger partial charge is 0.132 e. The monoisotopic (exact) mass is 341 g/mol. The van der Waals surface area contributed by atoms with Crippen molar-refractivity contribution in [2.45, 2.75) is 56.9 Å². The van der Waals surface area contributed by atoms with Crippen LogP contribution in [0.5, 0.6) is 0 Å². The van der Waals surface area contributed by atoms with Gasteiger partial charge in [-0.2, -0.15) is 0 Å². The van der Waals surface area contributed by atoms with Crippen LogP contribution in [0.25, 0.3) is 0 Å². The fourth-order valence-corrected chi connectivity index (χ4v) is 4.08. The van der Waals surface area contributed by atoms with Crippen LogP contribution < -0.4 is 5.32 Å². The molecule has 1 aliphatic heterocycles. The van der Waals surface area contributed by atoms with Gasteiger partial charge in [0.05, 0.1) is 0 Å². The molecule has 0 aromatic heterocycles. The van der Waals surface area contributed by atoms with E-state index in [1.165, 1.54) is 0 Å². The fraction of sp³-hybridized carbons (Fsp3) is 0.684. The van der Waals surface area contributed by atoms with Gasteiger partial charge in [0, 0.05) is 37.0 Å². The Balaban J connectivity index is 1.44. The molecule has 0 radical (unpaired) electrons. The highest BCUT2D eigenvalue weighted by atomic mass is 19.1. The quantitative estimate of drug-likeness (QED) is 0.849. The molecule has 3 rings (SSSR count). The zero-order valence-electron chi connectivity index (χ0n) is 14.0. The molecule has 1 saturated carbocycles. The molecule has 1 N–H and O–H groups in total. The van der Waals surface area contributed by atoms with Crippen molar-refractivity contribution in [1.29, 1.82) is 0 Å². The van der Waals surface area contributed by atoms with Crippen molar-refractivity contribution in [3.63, 3.8) is 0 Å². The largest absolute Gasteiger partial charge is 0.381 e. The first-order chi connectivity index (χ1) is 11.6. The molecule has 0 bridgehead atoms. The summed E-state index contributed by atoms with van der Waals surface area (Å²) in [5.41, 5.74) is 0.0789. The van der Waals surface area contributed by atoms with Crippen LogP contribution >= 0.6 is 0 Å². The third-order valence-corrected chi connectivity index (χ3v) is 5.51. The number of hydrogen-bond donors (Lipinski definition) is 1. The standard InChI is InChI=1S/C19H26F3NO/c20-15-11-17(21)19(18(22)12-15)14-3-1-13(2-4-14)5-8-23-16-6-9-24-10-7-16/h11-14,16,23H,1-10H2/t13-,14+. The normalized spacial score (nSPS) is 25.8. The second-order valence-electron chi connectivity index (χ2n) is 7.13. The van der Waals surface area contributed by atoms with Crippen LogP contribution in [-0.4, -0.2) is 25.8 Å². The number of rotatable bonds is 5. The van der Waals surface area contributed by atoms with Gasteiger partial charge < -0.3 is 10.1 Å². The Morgan fingerprint density at radius 1 is 0.917 bits per heavy atom. The highest BCUT2D eigenvalue weighted by Gasteiger charge is 2.27. The van der Waals surface area contributed by atoms with E-state index in [2.05, 4.69) is 5.32 Å². The van der Waals surface area contributed by atoms with Gasteiger partial charge in [-0.05, 0) is 63.3 Å². The molecular formula is C19H26F3NO. The summed E-state index contributed by atoms with van der Waals surface area (Å²) in [7, 11) is 0. The van der Waals surface area contributed by atoms with Gasteiger partial charge in [0.25, 0.3) is 0 Å². The SMILES string of the molecule is Fc1cc(F)c([C@H]2CC[C@@H](CCNC3CCOCC3)CC2)c(F)c1. The Kier molecular flexibility index (Phi) is 6.17. The van der Waals surface area contributed by atoms with E-state index in [1.54, 1.807) is 0 Å². The van der Waals surface area contributed by atoms with E-state index in [9.17, 15) is 13.2 Å². The first-order valence-corrected chi connectivity index (χ1v) is 9.09. The van der Waals surface area contributed by atoms with E-state index in [-0.39, 0.29) is 11.5 Å². The Morgan fingerprint density at radius 3 is 2.17 bits per heavy atom. The van der Waals surface area contributed by atoms with Crippen molar-refractivity contribution in [2.75, 3.05) is 19.8 Å². The minimum atomic E-state index is -0.846. The number of halogens is 3. The summed E-state index contributed by atoms with van der Waals surface area (Å²) in [6.07, 6.45) is 6.79. The summed E-state index contributed by atoms with van der Waals surface area (Å²) in [6, 6.07) is 2.16. The maximum absolute atomic E-state index is 13.9. The highest BCUT2D eigenvalue weighted by Crippen LogP contribution is 2.39. The first kappa shape index (κ1) is 17.7. The zero-order valence-corrected chi connectivity index (χ0v) is 14.0. The van der Waals surface area contributed by atoms with Crippen molar-refractivity contribution in [1.82, 2.24) is 5.32 Å². The molecule has 134 valence electrons. The minimum absolute atomic E-state index is 0.0789. The third-order valence-electron chi connectivity index (χ3n) is 5.51. The van der Waals surface area contributed by atoms with Crippen LogP contribution in [-0.2, 0) is 4.74 Å². The molecule has 2 aliphatic rings. The van der Waals surface area contributed by atoms with Crippen molar-refractivity contribution < 1.29 is 17.9 Å². The molecule has 2 nitrogen and oxygen atoms in total. The van der Waals surface area contributed by atoms with Crippen LogP contribution in [0.3, 0.4) is 0 Å². The topological polar surface area (TPSA) is 21.3 Å². The Hall–Kier alpha value is -1.07. The molecule has 0 spiro atoms. The number of nitrogens with one attached hydrogen (secondary N) is 1. The lowest BCUT2D eigenvalue weighted by atomic mass is 9.77. The average Bonchev–Trinajstić information content (AvgIpc) is 2.56. The average molecular weight is 341 g/mol. The van der Waals surface area contributed by atoms with E-state index < -0.39 is 17.5 Å². The highest BCUT2D eigenvalue weighted by molar-refractivity contribution is 5.25. The Morgan fingerprint density at radius 2 is 1.54 bits per heavy atom. The van der Waals surface area contributed by atoms with E-state index in [4.69, 9.17) is 4.74 Å². The molecule has 0 atom stereocenters. The third kappa shape index (κ3) is 4.51. The second-order valence-corrected chi connectivity index (χ2v) is 7.13. The fourth-order valence-electron chi connectivity index (χ4n) is 4.08. The van der Waals surface area contributed by atoms with Gasteiger partial charge in [-0.1, -0.05) is 0 Å². The van der Waals surface area contributed by atoms with E-state index >= 15 is 0 Å². The number of benzene rings is 1. The van der Waals surface area contributed by atoms with Crippen molar-refractivity contribution in [3.05, 3.63) is 35.1 Å². The summed E-state index contributed by atoms with van der Waals surface area (Å²) in [6.45, 7) is 2.69. The van der Waals surface area contributed by atoms with Crippen molar-refractivity contribution in [2.24, 2.45) is 5.92 Å². The summed E-state index contributed by atoms with van der Waals surface area (Å²) < 4.78 is 46.2. The molecule has 1 aliphatic carbocycles. The molecule has 1 saturated heterocycles. The number of ether oxygens (including phenoxy) is 1. The van der Waals surface area contributed by atoms with E-state index in [1.807, 2.05) is 0 Å². The van der Waals surface area contributed by atoms with Gasteiger partial charge in [0.15, 0.2) is 0 Å². The Labute approximate surface area is 141 Å². The predicted molar refractivity (Wildman–Crippen MR) is 87.5 cm³/mol. The van der Waals surface area contributed by atoms with Gasteiger partial charge in [-0.3, -0.25) is 0 Å².